The maximum Gasteiger partial charge on any atom is 0.303 e. The highest BCUT2D eigenvalue weighted by molar-refractivity contribution is 5.94. The Labute approximate surface area is 228 Å². The molecule has 0 aliphatic rings. The zero-order valence-electron chi connectivity index (χ0n) is 23.0. The molecule has 0 saturated heterocycles. The molecular formula is C28H40N5O6. The number of nitrogens with one attached hydrogen (secondary N) is 4. The van der Waals surface area contributed by atoms with E-state index < -0.39 is 47.9 Å². The zero-order chi connectivity index (χ0) is 29.1. The summed E-state index contributed by atoms with van der Waals surface area (Å²) in [5.74, 6) is -2.84. The van der Waals surface area contributed by atoms with Gasteiger partial charge in [0.05, 0.1) is 12.1 Å². The number of aromatic amines is 1. The molecule has 3 amide bonds. The van der Waals surface area contributed by atoms with Gasteiger partial charge in [0, 0.05) is 29.9 Å². The highest BCUT2D eigenvalue weighted by Gasteiger charge is 2.31. The van der Waals surface area contributed by atoms with Crippen LogP contribution in [0.25, 0.3) is 10.9 Å². The highest BCUT2D eigenvalue weighted by atomic mass is 16.4. The quantitative estimate of drug-likeness (QED) is 0.186. The molecule has 39 heavy (non-hydrogen) atoms. The van der Waals surface area contributed by atoms with Crippen LogP contribution in [0.1, 0.15) is 58.9 Å². The van der Waals surface area contributed by atoms with E-state index >= 15 is 0 Å². The molecule has 213 valence electrons. The molecule has 0 aliphatic heterocycles. The van der Waals surface area contributed by atoms with Gasteiger partial charge in [0.15, 0.2) is 0 Å². The Kier molecular flexibility index (Phi) is 12.1. The molecule has 2 rings (SSSR count). The summed E-state index contributed by atoms with van der Waals surface area (Å²) in [6.07, 6.45) is 4.01. The molecule has 1 aromatic heterocycles. The number of amides is 3. The lowest BCUT2D eigenvalue weighted by Crippen LogP contribution is -2.58. The van der Waals surface area contributed by atoms with Gasteiger partial charge in [0.1, 0.15) is 12.1 Å². The Hall–Kier alpha value is -3.73. The molecule has 7 N–H and O–H groups in total. The van der Waals surface area contributed by atoms with E-state index in [4.69, 9.17) is 10.8 Å². The van der Waals surface area contributed by atoms with Crippen LogP contribution >= 0.6 is 0 Å². The van der Waals surface area contributed by atoms with Crippen LogP contribution in [-0.2, 0) is 30.4 Å². The van der Waals surface area contributed by atoms with Crippen molar-refractivity contribution in [2.45, 2.75) is 84.0 Å². The Morgan fingerprint density at radius 3 is 2.26 bits per heavy atom. The summed E-state index contributed by atoms with van der Waals surface area (Å²) in [6.45, 7) is 7.59. The molecule has 2 aromatic rings. The minimum atomic E-state index is -1.16. The van der Waals surface area contributed by atoms with E-state index in [1.807, 2.05) is 52.0 Å². The van der Waals surface area contributed by atoms with Gasteiger partial charge in [-0.25, -0.2) is 0 Å². The van der Waals surface area contributed by atoms with Crippen molar-refractivity contribution in [3.63, 3.8) is 0 Å². The van der Waals surface area contributed by atoms with Gasteiger partial charge in [-0.15, -0.1) is 0 Å². The van der Waals surface area contributed by atoms with Gasteiger partial charge in [-0.05, 0) is 36.3 Å². The van der Waals surface area contributed by atoms with Crippen LogP contribution in [0, 0.1) is 11.8 Å². The minimum Gasteiger partial charge on any atom is -0.481 e. The first-order valence-electron chi connectivity index (χ1n) is 13.3. The van der Waals surface area contributed by atoms with Gasteiger partial charge >= 0.3 is 5.97 Å². The number of hydrogen-bond donors (Lipinski definition) is 6. The molecular weight excluding hydrogens is 502 g/mol. The van der Waals surface area contributed by atoms with Crippen molar-refractivity contribution in [3.8, 4) is 0 Å². The molecule has 11 heteroatoms. The molecule has 0 bridgehead atoms. The number of rotatable bonds is 16. The number of aromatic nitrogens is 1. The number of hydrogen-bond acceptors (Lipinski definition) is 6. The Balaban J connectivity index is 2.30. The number of aliphatic carboxylic acids is 1. The maximum absolute atomic E-state index is 13.4. The van der Waals surface area contributed by atoms with Crippen LogP contribution < -0.4 is 21.7 Å². The second-order valence-electron chi connectivity index (χ2n) is 10.3. The first-order valence-corrected chi connectivity index (χ1v) is 13.3. The molecule has 1 heterocycles. The average molecular weight is 543 g/mol. The number of carboxylic acids is 1. The van der Waals surface area contributed by atoms with Crippen molar-refractivity contribution in [2.24, 2.45) is 17.6 Å². The normalized spacial score (nSPS) is 15.1. The third-order valence-electron chi connectivity index (χ3n) is 6.74. The number of carboxylic acid groups (broad SMARTS) is 1. The summed E-state index contributed by atoms with van der Waals surface area (Å²) >= 11 is 0. The van der Waals surface area contributed by atoms with Crippen molar-refractivity contribution >= 4 is 40.9 Å². The van der Waals surface area contributed by atoms with Crippen LogP contribution in [0.4, 0.5) is 0 Å². The lowest BCUT2D eigenvalue weighted by molar-refractivity contribution is -0.137. The standard InChI is InChI=1S/C28H40N5O6/c1-5-17(4)25(29)28(39)33-22(12-16(2)3)27(38)32-23(26(37)31-19(15-34)10-11-24(35)36)13-18-14-30-21-9-7-6-8-20(18)21/h6-9,14,16-17,19,22-23,25,30H,5,10-13,29H2,1-4H3,(H,31,37)(H,32,38)(H,33,39)(H,35,36)/t17?,19-,22+,23-,25?/m1/s1. The summed E-state index contributed by atoms with van der Waals surface area (Å²) in [6, 6.07) is 3.47. The molecule has 0 aliphatic carbocycles. The van der Waals surface area contributed by atoms with Gasteiger partial charge in [-0.1, -0.05) is 52.3 Å². The summed E-state index contributed by atoms with van der Waals surface area (Å²) in [7, 11) is 0. The Morgan fingerprint density at radius 2 is 1.64 bits per heavy atom. The fourth-order valence-corrected chi connectivity index (χ4v) is 4.19. The summed E-state index contributed by atoms with van der Waals surface area (Å²) in [4.78, 5) is 65.0. The number of para-hydroxylation sites is 1. The Bertz CT molecular complexity index is 1150. The number of benzene rings is 1. The van der Waals surface area contributed by atoms with Crippen molar-refractivity contribution < 1.29 is 29.1 Å². The molecule has 0 spiro atoms. The minimum absolute atomic E-state index is 0.0480. The van der Waals surface area contributed by atoms with Crippen LogP contribution in [0.3, 0.4) is 0 Å². The molecule has 11 nitrogen and oxygen atoms in total. The van der Waals surface area contributed by atoms with Crippen LogP contribution in [0.2, 0.25) is 0 Å². The highest BCUT2D eigenvalue weighted by Crippen LogP contribution is 2.19. The number of carbonyl (C=O) groups excluding carboxylic acids is 4. The Morgan fingerprint density at radius 1 is 1.00 bits per heavy atom. The van der Waals surface area contributed by atoms with Gasteiger partial charge in [0.2, 0.25) is 24.0 Å². The van der Waals surface area contributed by atoms with Gasteiger partial charge in [-0.2, -0.15) is 0 Å². The third kappa shape index (κ3) is 9.51. The summed E-state index contributed by atoms with van der Waals surface area (Å²) < 4.78 is 0. The number of fused-ring (bicyclic) bond motifs is 1. The van der Waals surface area contributed by atoms with Crippen molar-refractivity contribution in [2.75, 3.05) is 0 Å². The van der Waals surface area contributed by atoms with Gasteiger partial charge in [0.25, 0.3) is 0 Å². The SMILES string of the molecule is CCC(C)C(N)C(=O)N[C@@H](CC(C)C)C(=O)N[C@H](Cc1c[nH]c2ccccc12)C(=O)N[C@@H]([C]=O)CCC(=O)O. The molecule has 0 saturated carbocycles. The first kappa shape index (κ1) is 31.5. The van der Waals surface area contributed by atoms with Crippen LogP contribution in [0.15, 0.2) is 30.5 Å². The molecule has 0 fully saturated rings. The zero-order valence-corrected chi connectivity index (χ0v) is 23.0. The van der Waals surface area contributed by atoms with Crippen LogP contribution in [0.5, 0.6) is 0 Å². The summed E-state index contributed by atoms with van der Waals surface area (Å²) in [5.41, 5.74) is 7.68. The maximum atomic E-state index is 13.4. The van der Waals surface area contributed by atoms with E-state index in [0.717, 1.165) is 16.5 Å². The topological polar surface area (TPSA) is 183 Å². The van der Waals surface area contributed by atoms with E-state index in [-0.39, 0.29) is 31.1 Å². The number of H-pyrrole nitrogens is 1. The van der Waals surface area contributed by atoms with Crippen molar-refractivity contribution in [1.82, 2.24) is 20.9 Å². The van der Waals surface area contributed by atoms with E-state index in [9.17, 15) is 24.0 Å². The second kappa shape index (κ2) is 15.0. The number of carbonyl (C=O) groups is 4. The lowest BCUT2D eigenvalue weighted by atomic mass is 9.97. The predicted molar refractivity (Wildman–Crippen MR) is 147 cm³/mol. The van der Waals surface area contributed by atoms with E-state index in [1.165, 1.54) is 0 Å². The first-order chi connectivity index (χ1) is 18.5. The molecule has 2 unspecified atom stereocenters. The fourth-order valence-electron chi connectivity index (χ4n) is 4.19. The smallest absolute Gasteiger partial charge is 0.303 e. The average Bonchev–Trinajstić information content (AvgIpc) is 3.31. The lowest BCUT2D eigenvalue weighted by Gasteiger charge is -2.26. The monoisotopic (exact) mass is 542 g/mol. The molecule has 5 atom stereocenters. The van der Waals surface area contributed by atoms with Crippen LogP contribution in [-0.4, -0.2) is 64.2 Å². The van der Waals surface area contributed by atoms with Crippen molar-refractivity contribution in [3.05, 3.63) is 36.0 Å². The molecule has 1 radical (unpaired) electrons. The van der Waals surface area contributed by atoms with E-state index in [0.29, 0.717) is 12.8 Å². The van der Waals surface area contributed by atoms with Gasteiger partial charge in [-0.3, -0.25) is 24.0 Å². The fraction of sp³-hybridized carbons (Fsp3) is 0.536. The third-order valence-corrected chi connectivity index (χ3v) is 6.74. The van der Waals surface area contributed by atoms with E-state index in [2.05, 4.69) is 20.9 Å². The largest absolute Gasteiger partial charge is 0.481 e. The molecule has 1 aromatic carbocycles. The predicted octanol–water partition coefficient (Wildman–Crippen LogP) is 1.56. The summed E-state index contributed by atoms with van der Waals surface area (Å²) in [5, 5.41) is 17.8. The van der Waals surface area contributed by atoms with Gasteiger partial charge < -0.3 is 31.8 Å². The second-order valence-corrected chi connectivity index (χ2v) is 10.3. The van der Waals surface area contributed by atoms with Crippen molar-refractivity contribution in [1.29, 1.82) is 0 Å². The number of nitrogens with two attached hydrogens (primary N) is 1. The van der Waals surface area contributed by atoms with E-state index in [1.54, 1.807) is 12.5 Å².